The first-order valence-electron chi connectivity index (χ1n) is 10.4. The van der Waals surface area contributed by atoms with Crippen LogP contribution in [0.4, 0.5) is 19.1 Å². The van der Waals surface area contributed by atoms with Gasteiger partial charge in [-0.2, -0.15) is 18.3 Å². The minimum absolute atomic E-state index is 0.105. The molecule has 6 nitrogen and oxygen atoms in total. The Morgan fingerprint density at radius 2 is 1.80 bits per heavy atom. The number of hydrogen-bond acceptors (Lipinski definition) is 5. The quantitative estimate of drug-likeness (QED) is 0.667. The number of nitrogens with one attached hydrogen (secondary N) is 2. The lowest BCUT2D eigenvalue weighted by atomic mass is 9.91. The Bertz CT molecular complexity index is 872. The van der Waals surface area contributed by atoms with Crippen molar-refractivity contribution in [2.45, 2.75) is 63.2 Å². The van der Waals surface area contributed by atoms with Gasteiger partial charge in [-0.15, -0.1) is 0 Å². The fraction of sp³-hybridized carbons (Fsp3) is 0.650. The highest BCUT2D eigenvalue weighted by molar-refractivity contribution is 6.32. The van der Waals surface area contributed by atoms with Crippen LogP contribution in [0.2, 0.25) is 5.02 Å². The summed E-state index contributed by atoms with van der Waals surface area (Å²) >= 11 is 6.41. The van der Waals surface area contributed by atoms with E-state index in [0.717, 1.165) is 30.5 Å². The van der Waals surface area contributed by atoms with Crippen LogP contribution in [-0.4, -0.2) is 44.6 Å². The van der Waals surface area contributed by atoms with E-state index in [0.29, 0.717) is 35.4 Å². The second kappa shape index (κ2) is 8.70. The largest absolute Gasteiger partial charge is 0.401 e. The maximum Gasteiger partial charge on any atom is 0.401 e. The van der Waals surface area contributed by atoms with E-state index >= 15 is 0 Å². The molecule has 2 heterocycles. The Labute approximate surface area is 178 Å². The lowest BCUT2D eigenvalue weighted by molar-refractivity contribution is -0.126. The van der Waals surface area contributed by atoms with Crippen molar-refractivity contribution >= 4 is 17.5 Å². The van der Waals surface area contributed by atoms with Gasteiger partial charge in [0.2, 0.25) is 5.95 Å². The molecule has 0 radical (unpaired) electrons. The standard InChI is InChI=1S/C20H26ClF3N6/c1-30-17(8-12-2-3-12)15(9-27-30)18-16(21)10-25-19(29-18)28-14-6-4-13(5-7-14)26-11-20(22,23)24/h9-10,12-14,26H,2-8,11H2,1H3,(H,25,28,29)/t13-,14+. The van der Waals surface area contributed by atoms with E-state index in [4.69, 9.17) is 11.6 Å². The Hall–Kier alpha value is -1.87. The second-order valence-corrected chi connectivity index (χ2v) is 8.76. The molecule has 164 valence electrons. The fourth-order valence-corrected chi connectivity index (χ4v) is 4.20. The molecule has 0 spiro atoms. The lowest BCUT2D eigenvalue weighted by Gasteiger charge is -2.30. The van der Waals surface area contributed by atoms with Crippen LogP contribution in [-0.2, 0) is 13.5 Å². The highest BCUT2D eigenvalue weighted by Gasteiger charge is 2.30. The number of alkyl halides is 3. The molecule has 4 rings (SSSR count). The highest BCUT2D eigenvalue weighted by atomic mass is 35.5. The third kappa shape index (κ3) is 5.43. The van der Waals surface area contributed by atoms with Gasteiger partial charge in [0.25, 0.3) is 0 Å². The van der Waals surface area contributed by atoms with E-state index < -0.39 is 12.7 Å². The van der Waals surface area contributed by atoms with E-state index in [1.54, 1.807) is 12.4 Å². The summed E-state index contributed by atoms with van der Waals surface area (Å²) in [5.41, 5.74) is 2.72. The molecule has 2 aromatic rings. The molecule has 30 heavy (non-hydrogen) atoms. The number of anilines is 1. The zero-order valence-electron chi connectivity index (χ0n) is 16.8. The van der Waals surface area contributed by atoms with Crippen molar-refractivity contribution in [3.63, 3.8) is 0 Å². The van der Waals surface area contributed by atoms with Crippen LogP contribution in [0.5, 0.6) is 0 Å². The molecule has 2 aliphatic rings. The zero-order valence-corrected chi connectivity index (χ0v) is 17.6. The number of hydrogen-bond donors (Lipinski definition) is 2. The number of aryl methyl sites for hydroxylation is 1. The van der Waals surface area contributed by atoms with Crippen LogP contribution in [0.15, 0.2) is 12.4 Å². The Morgan fingerprint density at radius 3 is 2.47 bits per heavy atom. The van der Waals surface area contributed by atoms with Crippen molar-refractivity contribution in [3.05, 3.63) is 23.1 Å². The summed E-state index contributed by atoms with van der Waals surface area (Å²) in [4.78, 5) is 8.96. The predicted octanol–water partition coefficient (Wildman–Crippen LogP) is 4.36. The van der Waals surface area contributed by atoms with Crippen LogP contribution in [0, 0.1) is 5.92 Å². The molecular weight excluding hydrogens is 417 g/mol. The molecule has 0 unspecified atom stereocenters. The van der Waals surface area contributed by atoms with Crippen LogP contribution in [0.25, 0.3) is 11.3 Å². The highest BCUT2D eigenvalue weighted by Crippen LogP contribution is 2.37. The normalized spacial score (nSPS) is 22.3. The third-order valence-electron chi connectivity index (χ3n) is 5.89. The van der Waals surface area contributed by atoms with E-state index in [1.807, 2.05) is 11.7 Å². The molecule has 0 bridgehead atoms. The molecule has 0 aliphatic heterocycles. The molecule has 2 saturated carbocycles. The summed E-state index contributed by atoms with van der Waals surface area (Å²) in [6, 6.07) is 0.0227. The minimum atomic E-state index is -4.17. The number of rotatable bonds is 7. The lowest BCUT2D eigenvalue weighted by Crippen LogP contribution is -2.41. The smallest absolute Gasteiger partial charge is 0.351 e. The van der Waals surface area contributed by atoms with Gasteiger partial charge < -0.3 is 10.6 Å². The number of aromatic nitrogens is 4. The first-order valence-corrected chi connectivity index (χ1v) is 10.8. The van der Waals surface area contributed by atoms with Gasteiger partial charge in [-0.1, -0.05) is 11.6 Å². The average molecular weight is 443 g/mol. The number of halogens is 4. The number of nitrogens with zero attached hydrogens (tertiary/aromatic N) is 4. The molecule has 2 aromatic heterocycles. The Kier molecular flexibility index (Phi) is 6.20. The third-order valence-corrected chi connectivity index (χ3v) is 6.17. The van der Waals surface area contributed by atoms with E-state index in [2.05, 4.69) is 25.7 Å². The van der Waals surface area contributed by atoms with Gasteiger partial charge in [-0.25, -0.2) is 9.97 Å². The van der Waals surface area contributed by atoms with Gasteiger partial charge >= 0.3 is 6.18 Å². The monoisotopic (exact) mass is 442 g/mol. The fourth-order valence-electron chi connectivity index (χ4n) is 4.01. The van der Waals surface area contributed by atoms with Gasteiger partial charge in [-0.05, 0) is 50.9 Å². The summed E-state index contributed by atoms with van der Waals surface area (Å²) in [7, 11) is 1.93. The van der Waals surface area contributed by atoms with Crippen LogP contribution in [0.3, 0.4) is 0 Å². The Morgan fingerprint density at radius 1 is 1.10 bits per heavy atom. The minimum Gasteiger partial charge on any atom is -0.351 e. The summed E-state index contributed by atoms with van der Waals surface area (Å²) in [5, 5.41) is 10.8. The van der Waals surface area contributed by atoms with Crippen molar-refractivity contribution in [2.75, 3.05) is 11.9 Å². The van der Waals surface area contributed by atoms with Crippen molar-refractivity contribution in [1.82, 2.24) is 25.1 Å². The summed E-state index contributed by atoms with van der Waals surface area (Å²) in [5.74, 6) is 1.20. The van der Waals surface area contributed by atoms with Crippen molar-refractivity contribution in [3.8, 4) is 11.3 Å². The van der Waals surface area contributed by atoms with Crippen molar-refractivity contribution in [1.29, 1.82) is 0 Å². The van der Waals surface area contributed by atoms with E-state index in [-0.39, 0.29) is 12.1 Å². The SMILES string of the molecule is Cn1ncc(-c2nc(N[C@H]3CC[C@@H](NCC(F)(F)F)CC3)ncc2Cl)c1CC1CC1. The summed E-state index contributed by atoms with van der Waals surface area (Å²) in [6.45, 7) is -0.937. The molecule has 0 saturated heterocycles. The zero-order chi connectivity index (χ0) is 21.3. The van der Waals surface area contributed by atoms with E-state index in [9.17, 15) is 13.2 Å². The van der Waals surface area contributed by atoms with Gasteiger partial charge in [0.05, 0.1) is 29.7 Å². The molecule has 0 atom stereocenters. The van der Waals surface area contributed by atoms with Crippen LogP contribution < -0.4 is 10.6 Å². The first-order chi connectivity index (χ1) is 14.3. The van der Waals surface area contributed by atoms with Gasteiger partial charge in [0.15, 0.2) is 0 Å². The van der Waals surface area contributed by atoms with Gasteiger partial charge in [-0.3, -0.25) is 4.68 Å². The summed E-state index contributed by atoms with van der Waals surface area (Å²) < 4.78 is 39.0. The van der Waals surface area contributed by atoms with Crippen molar-refractivity contribution < 1.29 is 13.2 Å². The van der Waals surface area contributed by atoms with E-state index in [1.165, 1.54) is 12.8 Å². The molecular formula is C20H26ClF3N6. The molecule has 2 aliphatic carbocycles. The van der Waals surface area contributed by atoms with Gasteiger partial charge in [0.1, 0.15) is 0 Å². The topological polar surface area (TPSA) is 67.7 Å². The predicted molar refractivity (Wildman–Crippen MR) is 109 cm³/mol. The van der Waals surface area contributed by atoms with Crippen molar-refractivity contribution in [2.24, 2.45) is 13.0 Å². The molecule has 2 N–H and O–H groups in total. The Balaban J connectivity index is 1.40. The molecule has 0 aromatic carbocycles. The maximum absolute atomic E-state index is 12.4. The summed E-state index contributed by atoms with van der Waals surface area (Å²) in [6.07, 6.45) is 5.56. The first kappa shape index (κ1) is 21.4. The van der Waals surface area contributed by atoms with Gasteiger partial charge in [0, 0.05) is 30.4 Å². The molecule has 2 fully saturated rings. The van der Waals surface area contributed by atoms with Crippen LogP contribution >= 0.6 is 11.6 Å². The maximum atomic E-state index is 12.4. The average Bonchev–Trinajstić information content (AvgIpc) is 3.45. The van der Waals surface area contributed by atoms with Crippen LogP contribution in [0.1, 0.15) is 44.2 Å². The molecule has 10 heteroatoms. The second-order valence-electron chi connectivity index (χ2n) is 8.36. The molecule has 0 amide bonds.